The van der Waals surface area contributed by atoms with E-state index in [1.165, 1.54) is 5.56 Å². The monoisotopic (exact) mass is 408 g/mol. The molecular weight excluding hydrogens is 382 g/mol. The third-order valence-corrected chi connectivity index (χ3v) is 6.09. The molecule has 154 valence electrons. The third-order valence-electron chi connectivity index (χ3n) is 6.09. The standard InChI is InChI=1S/C27H26N3O/c31-27(20-23-13-6-2-7-14-23)25(19-22-11-4-1-5-12-22)29-18-10-17-28-26(29)30(27)21-24-15-8-3-9-16-24/h1-18,25,31H,19-21H2/q+1. The average Bonchev–Trinajstić information content (AvgIpc) is 3.04. The van der Waals surface area contributed by atoms with Gasteiger partial charge in [0, 0.05) is 18.9 Å². The van der Waals surface area contributed by atoms with Gasteiger partial charge in [-0.1, -0.05) is 96.0 Å². The summed E-state index contributed by atoms with van der Waals surface area (Å²) in [4.78, 5) is 6.77. The Morgan fingerprint density at radius 3 is 2.00 bits per heavy atom. The number of rotatable bonds is 6. The van der Waals surface area contributed by atoms with E-state index in [1.807, 2.05) is 54.7 Å². The molecule has 0 saturated carbocycles. The number of nitrogens with zero attached hydrogens (tertiary/aromatic N) is 3. The summed E-state index contributed by atoms with van der Waals surface area (Å²) in [6.45, 7) is 0.590. The van der Waals surface area contributed by atoms with E-state index in [9.17, 15) is 5.11 Å². The molecule has 4 nitrogen and oxygen atoms in total. The molecule has 0 radical (unpaired) electrons. The molecular formula is C27H26N3O+. The maximum atomic E-state index is 12.4. The van der Waals surface area contributed by atoms with Gasteiger partial charge in [0.15, 0.2) is 0 Å². The summed E-state index contributed by atoms with van der Waals surface area (Å²) in [5.74, 6) is 0.797. The Bertz CT molecular complexity index is 1060. The SMILES string of the molecule is OC1(Cc2ccccc2)C(Cc2ccccc2)[n+]2cccnc2N1Cc1ccccc1. The van der Waals surface area contributed by atoms with Crippen LogP contribution in [0.15, 0.2) is 109 Å². The molecule has 4 heteroatoms. The zero-order chi connectivity index (χ0) is 21.1. The summed E-state index contributed by atoms with van der Waals surface area (Å²) in [6, 6.07) is 32.7. The second kappa shape index (κ2) is 8.32. The molecule has 2 unspecified atom stereocenters. The molecule has 1 N–H and O–H groups in total. The van der Waals surface area contributed by atoms with Crippen LogP contribution in [0.4, 0.5) is 5.95 Å². The molecule has 4 aromatic rings. The fourth-order valence-electron chi connectivity index (χ4n) is 4.58. The number of aromatic nitrogens is 2. The van der Waals surface area contributed by atoms with Crippen molar-refractivity contribution < 1.29 is 9.67 Å². The lowest BCUT2D eigenvalue weighted by Crippen LogP contribution is -2.54. The van der Waals surface area contributed by atoms with E-state index >= 15 is 0 Å². The second-order valence-electron chi connectivity index (χ2n) is 8.15. The van der Waals surface area contributed by atoms with Gasteiger partial charge in [-0.3, -0.25) is 0 Å². The van der Waals surface area contributed by atoms with Crippen LogP contribution >= 0.6 is 0 Å². The minimum atomic E-state index is -1.12. The quantitative estimate of drug-likeness (QED) is 0.488. The molecule has 2 atom stereocenters. The Morgan fingerprint density at radius 2 is 1.35 bits per heavy atom. The van der Waals surface area contributed by atoms with Crippen molar-refractivity contribution in [3.8, 4) is 0 Å². The van der Waals surface area contributed by atoms with E-state index in [0.717, 1.165) is 23.5 Å². The fourth-order valence-corrected chi connectivity index (χ4v) is 4.58. The van der Waals surface area contributed by atoms with Crippen LogP contribution in [0.25, 0.3) is 0 Å². The molecule has 0 spiro atoms. The highest BCUT2D eigenvalue weighted by atomic mass is 16.3. The molecule has 31 heavy (non-hydrogen) atoms. The Labute approximate surface area is 183 Å². The number of hydrogen-bond acceptors (Lipinski definition) is 3. The molecule has 2 heterocycles. The maximum Gasteiger partial charge on any atom is 0.397 e. The van der Waals surface area contributed by atoms with E-state index in [4.69, 9.17) is 4.98 Å². The number of anilines is 1. The van der Waals surface area contributed by atoms with Gasteiger partial charge in [-0.05, 0) is 16.7 Å². The van der Waals surface area contributed by atoms with Gasteiger partial charge in [-0.25, -0.2) is 9.47 Å². The van der Waals surface area contributed by atoms with Crippen molar-refractivity contribution in [1.82, 2.24) is 4.98 Å². The lowest BCUT2D eigenvalue weighted by atomic mass is 9.90. The number of fused-ring (bicyclic) bond motifs is 1. The third kappa shape index (κ3) is 3.82. The van der Waals surface area contributed by atoms with Gasteiger partial charge in [-0.2, -0.15) is 0 Å². The first-order chi connectivity index (χ1) is 15.2. The lowest BCUT2D eigenvalue weighted by Gasteiger charge is -2.33. The van der Waals surface area contributed by atoms with Crippen molar-refractivity contribution in [3.05, 3.63) is 126 Å². The Morgan fingerprint density at radius 1 is 0.774 bits per heavy atom. The molecule has 0 bridgehead atoms. The van der Waals surface area contributed by atoms with E-state index in [2.05, 4.69) is 58.0 Å². The van der Waals surface area contributed by atoms with Crippen molar-refractivity contribution in [2.45, 2.75) is 31.2 Å². The summed E-state index contributed by atoms with van der Waals surface area (Å²) in [7, 11) is 0. The van der Waals surface area contributed by atoms with Crippen LogP contribution in [0.2, 0.25) is 0 Å². The van der Waals surface area contributed by atoms with Crippen molar-refractivity contribution in [3.63, 3.8) is 0 Å². The highest BCUT2D eigenvalue weighted by Gasteiger charge is 2.57. The minimum Gasteiger partial charge on any atom is -0.356 e. The van der Waals surface area contributed by atoms with E-state index in [-0.39, 0.29) is 6.04 Å². The van der Waals surface area contributed by atoms with E-state index in [0.29, 0.717) is 13.0 Å². The number of benzene rings is 3. The van der Waals surface area contributed by atoms with Crippen molar-refractivity contribution in [2.75, 3.05) is 4.90 Å². The van der Waals surface area contributed by atoms with Crippen molar-refractivity contribution in [1.29, 1.82) is 0 Å². The largest absolute Gasteiger partial charge is 0.397 e. The van der Waals surface area contributed by atoms with Crippen LogP contribution in [0.1, 0.15) is 22.7 Å². The zero-order valence-corrected chi connectivity index (χ0v) is 17.4. The predicted octanol–water partition coefficient (Wildman–Crippen LogP) is 4.10. The smallest absolute Gasteiger partial charge is 0.356 e. The van der Waals surface area contributed by atoms with Crippen LogP contribution < -0.4 is 9.47 Å². The summed E-state index contributed by atoms with van der Waals surface area (Å²) in [6.07, 6.45) is 5.08. The maximum absolute atomic E-state index is 12.4. The van der Waals surface area contributed by atoms with Gasteiger partial charge < -0.3 is 5.11 Å². The van der Waals surface area contributed by atoms with E-state index in [1.54, 1.807) is 6.20 Å². The van der Waals surface area contributed by atoms with Gasteiger partial charge in [-0.15, -0.1) is 0 Å². The Kier molecular flexibility index (Phi) is 5.23. The Hall–Kier alpha value is -3.50. The summed E-state index contributed by atoms with van der Waals surface area (Å²) < 4.78 is 2.14. The van der Waals surface area contributed by atoms with E-state index < -0.39 is 5.72 Å². The van der Waals surface area contributed by atoms with Gasteiger partial charge >= 0.3 is 5.95 Å². The summed E-state index contributed by atoms with van der Waals surface area (Å²) in [5, 5.41) is 12.4. The van der Waals surface area contributed by atoms with Crippen LogP contribution in [0.3, 0.4) is 0 Å². The first-order valence-corrected chi connectivity index (χ1v) is 10.7. The summed E-state index contributed by atoms with van der Waals surface area (Å²) >= 11 is 0. The first-order valence-electron chi connectivity index (χ1n) is 10.7. The molecule has 1 aliphatic heterocycles. The van der Waals surface area contributed by atoms with Crippen molar-refractivity contribution in [2.24, 2.45) is 0 Å². The topological polar surface area (TPSA) is 40.2 Å². The van der Waals surface area contributed by atoms with Gasteiger partial charge in [0.25, 0.3) is 0 Å². The Balaban J connectivity index is 1.60. The normalized spacial score (nSPS) is 19.9. The molecule has 0 fully saturated rings. The van der Waals surface area contributed by atoms with Crippen LogP contribution in [-0.4, -0.2) is 15.8 Å². The predicted molar refractivity (Wildman–Crippen MR) is 121 cm³/mol. The molecule has 1 aliphatic rings. The number of hydrogen-bond donors (Lipinski definition) is 1. The fraction of sp³-hybridized carbons (Fsp3) is 0.185. The van der Waals surface area contributed by atoms with Gasteiger partial charge in [0.1, 0.15) is 12.2 Å². The van der Waals surface area contributed by atoms with Crippen LogP contribution in [0, 0.1) is 0 Å². The zero-order valence-electron chi connectivity index (χ0n) is 17.4. The van der Waals surface area contributed by atoms with Crippen LogP contribution in [0.5, 0.6) is 0 Å². The lowest BCUT2D eigenvalue weighted by molar-refractivity contribution is -0.711. The molecule has 1 aromatic heterocycles. The average molecular weight is 409 g/mol. The molecule has 0 saturated heterocycles. The van der Waals surface area contributed by atoms with Gasteiger partial charge in [0.05, 0.1) is 12.7 Å². The first kappa shape index (κ1) is 19.5. The highest BCUT2D eigenvalue weighted by Crippen LogP contribution is 2.39. The van der Waals surface area contributed by atoms with Crippen LogP contribution in [-0.2, 0) is 19.4 Å². The summed E-state index contributed by atoms with van der Waals surface area (Å²) in [5.41, 5.74) is 2.33. The highest BCUT2D eigenvalue weighted by molar-refractivity contribution is 5.38. The van der Waals surface area contributed by atoms with Gasteiger partial charge in [0.2, 0.25) is 5.72 Å². The minimum absolute atomic E-state index is 0.164. The molecule has 3 aromatic carbocycles. The number of aliphatic hydroxyl groups is 1. The molecule has 5 rings (SSSR count). The molecule has 0 amide bonds. The molecule has 0 aliphatic carbocycles. The second-order valence-corrected chi connectivity index (χ2v) is 8.15. The van der Waals surface area contributed by atoms with Crippen molar-refractivity contribution >= 4 is 5.95 Å².